The van der Waals surface area contributed by atoms with E-state index in [0.717, 1.165) is 11.1 Å². The van der Waals surface area contributed by atoms with Crippen LogP contribution in [-0.4, -0.2) is 44.9 Å². The number of hydrogen-bond donors (Lipinski definition) is 1. The van der Waals surface area contributed by atoms with Crippen molar-refractivity contribution in [2.75, 3.05) is 24.4 Å². The number of carbonyl (C=O) groups excluding carboxylic acids is 2. The maximum absolute atomic E-state index is 12.6. The fourth-order valence-corrected chi connectivity index (χ4v) is 4.76. The summed E-state index contributed by atoms with van der Waals surface area (Å²) >= 11 is 0. The second-order valence-corrected chi connectivity index (χ2v) is 9.70. The van der Waals surface area contributed by atoms with Crippen molar-refractivity contribution in [3.05, 3.63) is 59.7 Å². The first-order chi connectivity index (χ1) is 15.3. The second kappa shape index (κ2) is 10.6. The molecule has 2 aromatic rings. The lowest BCUT2D eigenvalue weighted by molar-refractivity contribution is -0.151. The highest BCUT2D eigenvalue weighted by Gasteiger charge is 2.28. The van der Waals surface area contributed by atoms with Gasteiger partial charge in [0.2, 0.25) is 5.91 Å². The molecule has 0 spiro atoms. The number of piperidine rings is 1. The normalized spacial score (nSPS) is 14.8. The largest absolute Gasteiger partial charge is 0.466 e. The third-order valence-electron chi connectivity index (χ3n) is 5.63. The molecule has 0 bridgehead atoms. The predicted octanol–water partition coefficient (Wildman–Crippen LogP) is 3.53. The SMILES string of the molecule is CCOC(=O)C1CCN(C(=O)CCc2ccc(S(=O)(=O)Nc3ccc(C)cc3)cc2)CC1. The zero-order chi connectivity index (χ0) is 23.1. The van der Waals surface area contributed by atoms with Gasteiger partial charge in [0.05, 0.1) is 17.4 Å². The Morgan fingerprint density at radius 1 is 1.03 bits per heavy atom. The molecule has 7 nitrogen and oxygen atoms in total. The molecule has 172 valence electrons. The summed E-state index contributed by atoms with van der Waals surface area (Å²) in [5.74, 6) is -0.251. The Morgan fingerprint density at radius 3 is 2.25 bits per heavy atom. The number of amides is 1. The molecule has 32 heavy (non-hydrogen) atoms. The molecule has 1 aliphatic rings. The van der Waals surface area contributed by atoms with Crippen LogP contribution < -0.4 is 4.72 Å². The first kappa shape index (κ1) is 23.8. The lowest BCUT2D eigenvalue weighted by atomic mass is 9.96. The quantitative estimate of drug-likeness (QED) is 0.611. The number of likely N-dealkylation sites (tertiary alicyclic amines) is 1. The molecule has 1 saturated heterocycles. The van der Waals surface area contributed by atoms with Gasteiger partial charge in [-0.1, -0.05) is 29.8 Å². The summed E-state index contributed by atoms with van der Waals surface area (Å²) in [5.41, 5.74) is 2.46. The van der Waals surface area contributed by atoms with Gasteiger partial charge in [0.15, 0.2) is 0 Å². The molecule has 3 rings (SSSR count). The predicted molar refractivity (Wildman–Crippen MR) is 123 cm³/mol. The van der Waals surface area contributed by atoms with Gasteiger partial charge >= 0.3 is 5.97 Å². The van der Waals surface area contributed by atoms with Crippen molar-refractivity contribution in [1.82, 2.24) is 4.90 Å². The summed E-state index contributed by atoms with van der Waals surface area (Å²) in [6.07, 6.45) is 2.14. The Balaban J connectivity index is 1.50. The van der Waals surface area contributed by atoms with E-state index >= 15 is 0 Å². The summed E-state index contributed by atoms with van der Waals surface area (Å²) in [6.45, 7) is 5.22. The van der Waals surface area contributed by atoms with E-state index in [4.69, 9.17) is 4.74 Å². The van der Waals surface area contributed by atoms with E-state index in [1.165, 1.54) is 0 Å². The number of nitrogens with zero attached hydrogens (tertiary/aromatic N) is 1. The van der Waals surface area contributed by atoms with Crippen molar-refractivity contribution in [3.63, 3.8) is 0 Å². The number of anilines is 1. The van der Waals surface area contributed by atoms with Gasteiger partial charge < -0.3 is 9.64 Å². The molecule has 2 aromatic carbocycles. The van der Waals surface area contributed by atoms with Crippen LogP contribution in [0.4, 0.5) is 5.69 Å². The molecule has 0 aromatic heterocycles. The maximum atomic E-state index is 12.6. The molecule has 0 atom stereocenters. The molecular formula is C24H30N2O5S. The van der Waals surface area contributed by atoms with Gasteiger partial charge in [-0.05, 0) is 62.9 Å². The molecule has 0 aliphatic carbocycles. The van der Waals surface area contributed by atoms with Crippen LogP contribution in [0.25, 0.3) is 0 Å². The molecule has 1 heterocycles. The van der Waals surface area contributed by atoms with Crippen LogP contribution in [0.5, 0.6) is 0 Å². The van der Waals surface area contributed by atoms with Crippen molar-refractivity contribution >= 4 is 27.6 Å². The molecule has 0 unspecified atom stereocenters. The third kappa shape index (κ3) is 6.32. The van der Waals surface area contributed by atoms with Gasteiger partial charge in [-0.2, -0.15) is 0 Å². The van der Waals surface area contributed by atoms with Crippen LogP contribution in [0.1, 0.15) is 37.3 Å². The van der Waals surface area contributed by atoms with Crippen LogP contribution in [0.15, 0.2) is 53.4 Å². The molecular weight excluding hydrogens is 428 g/mol. The van der Waals surface area contributed by atoms with Gasteiger partial charge in [0, 0.05) is 25.2 Å². The maximum Gasteiger partial charge on any atom is 0.309 e. The highest BCUT2D eigenvalue weighted by molar-refractivity contribution is 7.92. The van der Waals surface area contributed by atoms with Crippen LogP contribution in [0.2, 0.25) is 0 Å². The minimum absolute atomic E-state index is 0.0463. The Labute approximate surface area is 189 Å². The van der Waals surface area contributed by atoms with Gasteiger partial charge in [-0.3, -0.25) is 14.3 Å². The van der Waals surface area contributed by atoms with E-state index in [2.05, 4.69) is 4.72 Å². The summed E-state index contributed by atoms with van der Waals surface area (Å²) in [4.78, 5) is 26.3. The second-order valence-electron chi connectivity index (χ2n) is 8.02. The van der Waals surface area contributed by atoms with E-state index in [1.54, 1.807) is 48.2 Å². The minimum Gasteiger partial charge on any atom is -0.466 e. The lowest BCUT2D eigenvalue weighted by Crippen LogP contribution is -2.40. The number of carbonyl (C=O) groups is 2. The fourth-order valence-electron chi connectivity index (χ4n) is 3.71. The zero-order valence-corrected chi connectivity index (χ0v) is 19.4. The van der Waals surface area contributed by atoms with Crippen LogP contribution in [0, 0.1) is 12.8 Å². The van der Waals surface area contributed by atoms with Crippen LogP contribution in [-0.2, 0) is 30.8 Å². The van der Waals surface area contributed by atoms with Crippen molar-refractivity contribution < 1.29 is 22.7 Å². The van der Waals surface area contributed by atoms with Crippen molar-refractivity contribution in [2.24, 2.45) is 5.92 Å². The first-order valence-corrected chi connectivity index (χ1v) is 12.4. The molecule has 1 amide bonds. The van der Waals surface area contributed by atoms with E-state index in [0.29, 0.717) is 51.1 Å². The lowest BCUT2D eigenvalue weighted by Gasteiger charge is -2.31. The summed E-state index contributed by atoms with van der Waals surface area (Å²) in [6, 6.07) is 13.7. The van der Waals surface area contributed by atoms with Gasteiger partial charge in [0.1, 0.15) is 0 Å². The number of benzene rings is 2. The number of hydrogen-bond acceptors (Lipinski definition) is 5. The van der Waals surface area contributed by atoms with Crippen LogP contribution >= 0.6 is 0 Å². The monoisotopic (exact) mass is 458 g/mol. The number of ether oxygens (including phenoxy) is 1. The van der Waals surface area contributed by atoms with E-state index in [-0.39, 0.29) is 22.7 Å². The average Bonchev–Trinajstić information content (AvgIpc) is 2.79. The molecule has 1 N–H and O–H groups in total. The Bertz CT molecular complexity index is 1030. The van der Waals surface area contributed by atoms with E-state index < -0.39 is 10.0 Å². The average molecular weight is 459 g/mol. The Kier molecular flexibility index (Phi) is 7.90. The number of esters is 1. The molecule has 0 saturated carbocycles. The van der Waals surface area contributed by atoms with Crippen LogP contribution in [0.3, 0.4) is 0 Å². The third-order valence-corrected chi connectivity index (χ3v) is 7.03. The number of sulfonamides is 1. The zero-order valence-electron chi connectivity index (χ0n) is 18.5. The van der Waals surface area contributed by atoms with E-state index in [9.17, 15) is 18.0 Å². The van der Waals surface area contributed by atoms with Gasteiger partial charge in [-0.15, -0.1) is 0 Å². The number of rotatable bonds is 8. The summed E-state index contributed by atoms with van der Waals surface area (Å²) < 4.78 is 32.8. The molecule has 0 radical (unpaired) electrons. The highest BCUT2D eigenvalue weighted by Crippen LogP contribution is 2.21. The smallest absolute Gasteiger partial charge is 0.309 e. The Hall–Kier alpha value is -2.87. The number of nitrogens with one attached hydrogen (secondary N) is 1. The minimum atomic E-state index is -3.67. The Morgan fingerprint density at radius 2 is 1.66 bits per heavy atom. The summed E-state index contributed by atoms with van der Waals surface area (Å²) in [7, 11) is -3.67. The topological polar surface area (TPSA) is 92.8 Å². The van der Waals surface area contributed by atoms with Gasteiger partial charge in [0.25, 0.3) is 10.0 Å². The standard InChI is InChI=1S/C24H30N2O5S/c1-3-31-24(28)20-14-16-26(17-15-20)23(27)13-8-19-6-11-22(12-7-19)32(29,30)25-21-9-4-18(2)5-10-21/h4-7,9-12,20,25H,3,8,13-17H2,1-2H3. The van der Waals surface area contributed by atoms with Crippen molar-refractivity contribution in [2.45, 2.75) is 44.4 Å². The highest BCUT2D eigenvalue weighted by atomic mass is 32.2. The van der Waals surface area contributed by atoms with Crippen molar-refractivity contribution in [1.29, 1.82) is 0 Å². The first-order valence-electron chi connectivity index (χ1n) is 10.9. The van der Waals surface area contributed by atoms with Crippen molar-refractivity contribution in [3.8, 4) is 0 Å². The summed E-state index contributed by atoms with van der Waals surface area (Å²) in [5, 5.41) is 0. The molecule has 1 fully saturated rings. The molecule has 1 aliphatic heterocycles. The van der Waals surface area contributed by atoms with Gasteiger partial charge in [-0.25, -0.2) is 8.42 Å². The fraction of sp³-hybridized carbons (Fsp3) is 0.417. The van der Waals surface area contributed by atoms with E-state index in [1.807, 2.05) is 19.1 Å². The number of aryl methyl sites for hydroxylation is 2. The molecule has 8 heteroatoms.